The van der Waals surface area contributed by atoms with E-state index in [1.54, 1.807) is 48.5 Å². The van der Waals surface area contributed by atoms with Gasteiger partial charge in [-0.3, -0.25) is 10.6 Å². The normalized spacial score (nSPS) is 19.2. The highest BCUT2D eigenvalue weighted by molar-refractivity contribution is 5.73. The molecular formula is C22H40N4O8. The van der Waals surface area contributed by atoms with Crippen molar-refractivity contribution >= 4 is 24.4 Å². The molecule has 0 radical (unpaired) electrons. The van der Waals surface area contributed by atoms with Crippen LogP contribution in [0.25, 0.3) is 0 Å². The number of carbonyl (C=O) groups is 4. The molecule has 0 heterocycles. The summed E-state index contributed by atoms with van der Waals surface area (Å²) in [4.78, 5) is 49.6. The first-order valence-corrected chi connectivity index (χ1v) is 11.7. The number of nitrogens with one attached hydrogen (secondary N) is 4. The molecule has 0 aromatic heterocycles. The first kappa shape index (κ1) is 29.1. The van der Waals surface area contributed by atoms with Crippen LogP contribution in [-0.4, -0.2) is 67.0 Å². The molecule has 0 bridgehead atoms. The minimum absolute atomic E-state index is 0.0252. The summed E-state index contributed by atoms with van der Waals surface area (Å²) in [5.41, 5.74) is -2.40. The Balaban J connectivity index is 3.26. The highest BCUT2D eigenvalue weighted by atomic mass is 16.6. The van der Waals surface area contributed by atoms with Gasteiger partial charge in [0, 0.05) is 13.0 Å². The maximum Gasteiger partial charge on any atom is 0.409 e. The topological polar surface area (TPSA) is 153 Å². The largest absolute Gasteiger partial charge is 0.450 e. The van der Waals surface area contributed by atoms with Gasteiger partial charge in [0.1, 0.15) is 5.66 Å². The van der Waals surface area contributed by atoms with Crippen molar-refractivity contribution in [3.05, 3.63) is 0 Å². The van der Waals surface area contributed by atoms with Gasteiger partial charge in [-0.2, -0.15) is 0 Å². The van der Waals surface area contributed by atoms with Gasteiger partial charge < -0.3 is 29.6 Å². The summed E-state index contributed by atoms with van der Waals surface area (Å²) in [6.07, 6.45) is -2.68. The summed E-state index contributed by atoms with van der Waals surface area (Å²) in [5, 5.41) is 11.0. The smallest absolute Gasteiger partial charge is 0.409 e. The van der Waals surface area contributed by atoms with Gasteiger partial charge >= 0.3 is 24.4 Å². The quantitative estimate of drug-likeness (QED) is 0.285. The summed E-state index contributed by atoms with van der Waals surface area (Å²) in [7, 11) is 0. The van der Waals surface area contributed by atoms with Crippen LogP contribution in [0.3, 0.4) is 0 Å². The van der Waals surface area contributed by atoms with Crippen LogP contribution in [-0.2, 0) is 18.9 Å². The molecule has 0 spiro atoms. The molecule has 0 saturated heterocycles. The average molecular weight is 489 g/mol. The Hall–Kier alpha value is -2.92. The molecule has 0 aliphatic heterocycles. The van der Waals surface area contributed by atoms with Gasteiger partial charge in [-0.25, -0.2) is 19.2 Å². The Labute approximate surface area is 201 Å². The van der Waals surface area contributed by atoms with Crippen molar-refractivity contribution in [2.45, 2.75) is 104 Å². The third-order valence-electron chi connectivity index (χ3n) is 4.82. The lowest BCUT2D eigenvalue weighted by Gasteiger charge is -2.48. The molecule has 0 aromatic rings. The molecule has 4 amide bonds. The molecular weight excluding hydrogens is 448 g/mol. The van der Waals surface area contributed by atoms with Crippen molar-refractivity contribution in [3.8, 4) is 0 Å². The van der Waals surface area contributed by atoms with Crippen molar-refractivity contribution in [1.82, 2.24) is 21.3 Å². The van der Waals surface area contributed by atoms with Gasteiger partial charge in [-0.05, 0) is 67.7 Å². The third-order valence-corrected chi connectivity index (χ3v) is 4.82. The van der Waals surface area contributed by atoms with Crippen LogP contribution in [0.15, 0.2) is 0 Å². The van der Waals surface area contributed by atoms with Gasteiger partial charge in [-0.15, -0.1) is 0 Å². The molecule has 1 atom stereocenters. The fourth-order valence-electron chi connectivity index (χ4n) is 3.79. The highest BCUT2D eigenvalue weighted by Gasteiger charge is 2.49. The zero-order valence-corrected chi connectivity index (χ0v) is 21.2. The van der Waals surface area contributed by atoms with E-state index in [0.29, 0.717) is 19.3 Å². The second-order valence-electron chi connectivity index (χ2n) is 9.20. The van der Waals surface area contributed by atoms with Crippen molar-refractivity contribution in [2.75, 3.05) is 13.2 Å². The zero-order valence-electron chi connectivity index (χ0n) is 21.2. The minimum Gasteiger partial charge on any atom is -0.450 e. The molecule has 1 aliphatic carbocycles. The number of carbonyl (C=O) groups excluding carboxylic acids is 4. The molecule has 4 N–H and O–H groups in total. The minimum atomic E-state index is -1.32. The molecule has 1 fully saturated rings. The SMILES string of the molecule is CCOC(=O)NCC1(NC(=O)OC(C)C)CCCC(NC(=O)OC(C)C)(NC(=O)OC(C)C)C1. The van der Waals surface area contributed by atoms with Crippen LogP contribution in [0.1, 0.15) is 74.1 Å². The summed E-state index contributed by atoms with van der Waals surface area (Å²) >= 11 is 0. The van der Waals surface area contributed by atoms with E-state index in [9.17, 15) is 19.2 Å². The summed E-state index contributed by atoms with van der Waals surface area (Å²) in [5.74, 6) is 0. The molecule has 34 heavy (non-hydrogen) atoms. The molecule has 1 aliphatic rings. The number of hydrogen-bond acceptors (Lipinski definition) is 8. The van der Waals surface area contributed by atoms with Crippen LogP contribution in [0.2, 0.25) is 0 Å². The van der Waals surface area contributed by atoms with E-state index in [2.05, 4.69) is 21.3 Å². The van der Waals surface area contributed by atoms with E-state index in [-0.39, 0.29) is 25.7 Å². The maximum absolute atomic E-state index is 12.5. The molecule has 1 saturated carbocycles. The standard InChI is InChI=1S/C22H40N4O8/c1-8-31-17(27)23-13-21(24-18(28)32-14(2)3)10-9-11-22(12-21,25-19(29)33-15(4)5)26-20(30)34-16(6)7/h14-16H,8-13H2,1-7H3,(H,23,27)(H,24,28)(H,25,29)(H,26,30). The summed E-state index contributed by atoms with van der Waals surface area (Å²) in [6.45, 7) is 12.0. The highest BCUT2D eigenvalue weighted by Crippen LogP contribution is 2.34. The van der Waals surface area contributed by atoms with E-state index in [1.807, 2.05) is 0 Å². The predicted molar refractivity (Wildman–Crippen MR) is 123 cm³/mol. The van der Waals surface area contributed by atoms with E-state index >= 15 is 0 Å². The summed E-state index contributed by atoms with van der Waals surface area (Å²) in [6, 6.07) is 0. The molecule has 12 heteroatoms. The van der Waals surface area contributed by atoms with Gasteiger partial charge in [0.05, 0.1) is 30.5 Å². The molecule has 12 nitrogen and oxygen atoms in total. The Morgan fingerprint density at radius 1 is 0.735 bits per heavy atom. The number of amides is 4. The zero-order chi connectivity index (χ0) is 25.9. The monoisotopic (exact) mass is 488 g/mol. The third kappa shape index (κ3) is 10.3. The predicted octanol–water partition coefficient (Wildman–Crippen LogP) is 3.15. The van der Waals surface area contributed by atoms with Crippen LogP contribution >= 0.6 is 0 Å². The van der Waals surface area contributed by atoms with Gasteiger partial charge in [-0.1, -0.05) is 0 Å². The number of rotatable bonds is 9. The molecule has 0 aromatic carbocycles. The van der Waals surface area contributed by atoms with Crippen LogP contribution < -0.4 is 21.3 Å². The first-order valence-electron chi connectivity index (χ1n) is 11.7. The summed E-state index contributed by atoms with van der Waals surface area (Å²) < 4.78 is 20.6. The number of hydrogen-bond donors (Lipinski definition) is 4. The Kier molecular flexibility index (Phi) is 11.2. The van der Waals surface area contributed by atoms with Crippen molar-refractivity contribution in [2.24, 2.45) is 0 Å². The van der Waals surface area contributed by atoms with E-state index in [1.165, 1.54) is 0 Å². The van der Waals surface area contributed by atoms with Gasteiger partial charge in [0.25, 0.3) is 0 Å². The Morgan fingerprint density at radius 2 is 1.21 bits per heavy atom. The Bertz CT molecular complexity index is 689. The van der Waals surface area contributed by atoms with E-state index in [0.717, 1.165) is 0 Å². The maximum atomic E-state index is 12.5. The lowest BCUT2D eigenvalue weighted by atomic mass is 9.75. The van der Waals surface area contributed by atoms with Crippen molar-refractivity contribution < 1.29 is 38.1 Å². The van der Waals surface area contributed by atoms with E-state index < -0.39 is 47.8 Å². The molecule has 1 rings (SSSR count). The molecule has 196 valence electrons. The first-order chi connectivity index (χ1) is 15.8. The van der Waals surface area contributed by atoms with Crippen LogP contribution in [0, 0.1) is 0 Å². The van der Waals surface area contributed by atoms with E-state index in [4.69, 9.17) is 18.9 Å². The number of ether oxygens (including phenoxy) is 4. The lowest BCUT2D eigenvalue weighted by Crippen LogP contribution is -2.70. The second-order valence-corrected chi connectivity index (χ2v) is 9.20. The van der Waals surface area contributed by atoms with Crippen molar-refractivity contribution in [3.63, 3.8) is 0 Å². The van der Waals surface area contributed by atoms with Gasteiger partial charge in [0.2, 0.25) is 0 Å². The average Bonchev–Trinajstić information content (AvgIpc) is 2.64. The fourth-order valence-corrected chi connectivity index (χ4v) is 3.79. The lowest BCUT2D eigenvalue weighted by molar-refractivity contribution is 0.0477. The van der Waals surface area contributed by atoms with Crippen molar-refractivity contribution in [1.29, 1.82) is 0 Å². The van der Waals surface area contributed by atoms with Crippen LogP contribution in [0.4, 0.5) is 19.2 Å². The Morgan fingerprint density at radius 3 is 1.65 bits per heavy atom. The van der Waals surface area contributed by atoms with Crippen LogP contribution in [0.5, 0.6) is 0 Å². The molecule has 1 unspecified atom stereocenters. The number of alkyl carbamates (subject to hydrolysis) is 4. The van der Waals surface area contributed by atoms with Gasteiger partial charge in [0.15, 0.2) is 0 Å². The fraction of sp³-hybridized carbons (Fsp3) is 0.818. The second kappa shape index (κ2) is 13.1.